The molecule has 1 unspecified atom stereocenters. The number of anilines is 1. The SMILES string of the molecule is Cc1nccc(CC2[C@@H](NCc3c[nH]c4ccccc4c3=O)CCCN2c2cc[nH]c(=O)c2)c1C. The molecule has 0 bridgehead atoms. The molecule has 3 aromatic heterocycles. The van der Waals surface area contributed by atoms with Gasteiger partial charge < -0.3 is 20.2 Å². The van der Waals surface area contributed by atoms with E-state index in [0.717, 1.165) is 48.3 Å². The number of pyridine rings is 3. The van der Waals surface area contributed by atoms with Crippen molar-refractivity contribution in [3.63, 3.8) is 0 Å². The molecule has 35 heavy (non-hydrogen) atoms. The van der Waals surface area contributed by atoms with Gasteiger partial charge in [-0.3, -0.25) is 14.6 Å². The van der Waals surface area contributed by atoms with E-state index in [0.29, 0.717) is 11.9 Å². The van der Waals surface area contributed by atoms with Crippen LogP contribution in [0.3, 0.4) is 0 Å². The Hall–Kier alpha value is -3.71. The largest absolute Gasteiger partial charge is 0.366 e. The maximum absolute atomic E-state index is 13.1. The second-order valence-electron chi connectivity index (χ2n) is 9.37. The second-order valence-corrected chi connectivity index (χ2v) is 9.37. The number of piperidine rings is 1. The van der Waals surface area contributed by atoms with Crippen LogP contribution >= 0.6 is 0 Å². The average Bonchev–Trinajstić information content (AvgIpc) is 2.87. The third kappa shape index (κ3) is 4.77. The van der Waals surface area contributed by atoms with Gasteiger partial charge in [-0.15, -0.1) is 0 Å². The number of hydrogen-bond donors (Lipinski definition) is 3. The zero-order valence-electron chi connectivity index (χ0n) is 20.2. The molecule has 0 spiro atoms. The fraction of sp³-hybridized carbons (Fsp3) is 0.321. The van der Waals surface area contributed by atoms with Crippen molar-refractivity contribution in [2.24, 2.45) is 0 Å². The molecule has 3 N–H and O–H groups in total. The highest BCUT2D eigenvalue weighted by Crippen LogP contribution is 2.28. The summed E-state index contributed by atoms with van der Waals surface area (Å²) in [6.45, 7) is 5.52. The van der Waals surface area contributed by atoms with E-state index < -0.39 is 0 Å². The molecule has 7 heteroatoms. The highest BCUT2D eigenvalue weighted by molar-refractivity contribution is 5.78. The van der Waals surface area contributed by atoms with E-state index in [9.17, 15) is 9.59 Å². The molecule has 0 aliphatic carbocycles. The third-order valence-electron chi connectivity index (χ3n) is 7.29. The van der Waals surface area contributed by atoms with Gasteiger partial charge in [0.05, 0.1) is 0 Å². The van der Waals surface area contributed by atoms with Gasteiger partial charge in [-0.2, -0.15) is 0 Å². The number of nitrogens with zero attached hydrogens (tertiary/aromatic N) is 2. The van der Waals surface area contributed by atoms with Crippen molar-refractivity contribution in [2.75, 3.05) is 11.4 Å². The molecule has 1 aliphatic heterocycles. The minimum Gasteiger partial charge on any atom is -0.366 e. The fourth-order valence-electron chi connectivity index (χ4n) is 5.20. The van der Waals surface area contributed by atoms with Crippen LogP contribution in [0, 0.1) is 13.8 Å². The van der Waals surface area contributed by atoms with Crippen LogP contribution in [0.1, 0.15) is 35.2 Å². The van der Waals surface area contributed by atoms with Gasteiger partial charge in [0, 0.05) is 77.7 Å². The molecule has 7 nitrogen and oxygen atoms in total. The minimum absolute atomic E-state index is 0.0614. The number of para-hydroxylation sites is 1. The first-order chi connectivity index (χ1) is 17.0. The van der Waals surface area contributed by atoms with Crippen LogP contribution in [0.15, 0.2) is 70.6 Å². The summed E-state index contributed by atoms with van der Waals surface area (Å²) in [5, 5.41) is 4.41. The van der Waals surface area contributed by atoms with E-state index in [4.69, 9.17) is 0 Å². The van der Waals surface area contributed by atoms with Crippen LogP contribution in [-0.2, 0) is 13.0 Å². The van der Waals surface area contributed by atoms with Gasteiger partial charge in [-0.1, -0.05) is 12.1 Å². The van der Waals surface area contributed by atoms with E-state index in [1.165, 1.54) is 11.1 Å². The summed E-state index contributed by atoms with van der Waals surface area (Å²) in [4.78, 5) is 37.9. The summed E-state index contributed by atoms with van der Waals surface area (Å²) in [6, 6.07) is 13.6. The van der Waals surface area contributed by atoms with E-state index >= 15 is 0 Å². The molecule has 2 atom stereocenters. The normalized spacial score (nSPS) is 18.2. The Bertz CT molecular complexity index is 1460. The van der Waals surface area contributed by atoms with Crippen LogP contribution in [0.4, 0.5) is 5.69 Å². The van der Waals surface area contributed by atoms with Crippen LogP contribution < -0.4 is 21.2 Å². The number of aromatic nitrogens is 3. The molecule has 5 rings (SSSR count). The summed E-state index contributed by atoms with van der Waals surface area (Å²) in [5.41, 5.74) is 5.96. The zero-order chi connectivity index (χ0) is 24.4. The summed E-state index contributed by atoms with van der Waals surface area (Å²) in [5.74, 6) is 0. The molecule has 1 aliphatic rings. The number of fused-ring (bicyclic) bond motifs is 1. The predicted molar refractivity (Wildman–Crippen MR) is 140 cm³/mol. The Morgan fingerprint density at radius 3 is 2.80 bits per heavy atom. The van der Waals surface area contributed by atoms with Crippen molar-refractivity contribution in [2.45, 2.75) is 51.7 Å². The molecular formula is C28H31N5O2. The zero-order valence-corrected chi connectivity index (χ0v) is 20.2. The van der Waals surface area contributed by atoms with Crippen LogP contribution in [0.25, 0.3) is 10.9 Å². The van der Waals surface area contributed by atoms with Crippen molar-refractivity contribution < 1.29 is 0 Å². The highest BCUT2D eigenvalue weighted by atomic mass is 16.1. The molecule has 1 saturated heterocycles. The van der Waals surface area contributed by atoms with Crippen molar-refractivity contribution in [1.82, 2.24) is 20.3 Å². The number of H-pyrrole nitrogens is 2. The van der Waals surface area contributed by atoms with E-state index in [2.05, 4.69) is 38.2 Å². The highest BCUT2D eigenvalue weighted by Gasteiger charge is 2.32. The predicted octanol–water partition coefficient (Wildman–Crippen LogP) is 3.60. The summed E-state index contributed by atoms with van der Waals surface area (Å²) >= 11 is 0. The van der Waals surface area contributed by atoms with Gasteiger partial charge in [0.2, 0.25) is 5.56 Å². The lowest BCUT2D eigenvalue weighted by Gasteiger charge is -2.43. The monoisotopic (exact) mass is 469 g/mol. The number of hydrogen-bond acceptors (Lipinski definition) is 5. The molecule has 4 heterocycles. The summed E-state index contributed by atoms with van der Waals surface area (Å²) < 4.78 is 0. The maximum Gasteiger partial charge on any atom is 0.249 e. The Balaban J connectivity index is 1.45. The summed E-state index contributed by atoms with van der Waals surface area (Å²) in [6.07, 6.45) is 8.23. The lowest BCUT2D eigenvalue weighted by atomic mass is 9.88. The fourth-order valence-corrected chi connectivity index (χ4v) is 5.20. The van der Waals surface area contributed by atoms with Crippen molar-refractivity contribution in [3.05, 3.63) is 104 Å². The Labute approximate surface area is 204 Å². The van der Waals surface area contributed by atoms with Gasteiger partial charge >= 0.3 is 0 Å². The molecule has 1 aromatic carbocycles. The molecular weight excluding hydrogens is 438 g/mol. The van der Waals surface area contributed by atoms with Crippen LogP contribution in [0.2, 0.25) is 0 Å². The second kappa shape index (κ2) is 9.88. The number of aryl methyl sites for hydroxylation is 1. The van der Waals surface area contributed by atoms with Gasteiger partial charge in [0.1, 0.15) is 0 Å². The minimum atomic E-state index is -0.102. The van der Waals surface area contributed by atoms with E-state index in [-0.39, 0.29) is 23.1 Å². The van der Waals surface area contributed by atoms with Gasteiger partial charge in [-0.25, -0.2) is 0 Å². The standard InChI is InChI=1S/C28H31N5O2/c1-18-19(2)29-11-9-20(18)14-26-25(8-5-13-33(26)22-10-12-30-27(34)15-22)32-17-21-16-31-24-7-4-3-6-23(24)28(21)35/h3-4,6-7,9-12,15-16,25-26,32H,5,8,13-14,17H2,1-2H3,(H,30,34)(H,31,35)/t25-,26?/m0/s1. The lowest BCUT2D eigenvalue weighted by molar-refractivity contribution is 0.336. The topological polar surface area (TPSA) is 93.9 Å². The van der Waals surface area contributed by atoms with Gasteiger partial charge in [-0.05, 0) is 68.5 Å². The molecule has 0 amide bonds. The smallest absolute Gasteiger partial charge is 0.249 e. The molecule has 0 radical (unpaired) electrons. The quantitative estimate of drug-likeness (QED) is 0.401. The van der Waals surface area contributed by atoms with Gasteiger partial charge in [0.25, 0.3) is 0 Å². The van der Waals surface area contributed by atoms with Crippen molar-refractivity contribution in [1.29, 1.82) is 0 Å². The molecule has 4 aromatic rings. The van der Waals surface area contributed by atoms with Crippen LogP contribution in [0.5, 0.6) is 0 Å². The maximum atomic E-state index is 13.1. The van der Waals surface area contributed by atoms with E-state index in [1.807, 2.05) is 49.6 Å². The van der Waals surface area contributed by atoms with E-state index in [1.54, 1.807) is 12.3 Å². The number of rotatable bonds is 6. The van der Waals surface area contributed by atoms with Crippen molar-refractivity contribution >= 4 is 16.6 Å². The first kappa shape index (κ1) is 23.1. The Kier molecular flexibility index (Phi) is 6.51. The Morgan fingerprint density at radius 1 is 1.09 bits per heavy atom. The van der Waals surface area contributed by atoms with Gasteiger partial charge in [0.15, 0.2) is 5.43 Å². The number of nitrogens with one attached hydrogen (secondary N) is 3. The number of aromatic amines is 2. The third-order valence-corrected chi connectivity index (χ3v) is 7.29. The number of benzene rings is 1. The van der Waals surface area contributed by atoms with Crippen molar-refractivity contribution in [3.8, 4) is 0 Å². The summed E-state index contributed by atoms with van der Waals surface area (Å²) in [7, 11) is 0. The molecule has 180 valence electrons. The molecule has 0 saturated carbocycles. The lowest BCUT2D eigenvalue weighted by Crippen LogP contribution is -2.55. The Morgan fingerprint density at radius 2 is 1.94 bits per heavy atom. The first-order valence-electron chi connectivity index (χ1n) is 12.2. The average molecular weight is 470 g/mol. The van der Waals surface area contributed by atoms with Crippen LogP contribution in [-0.4, -0.2) is 33.6 Å². The molecule has 1 fully saturated rings. The first-order valence-corrected chi connectivity index (χ1v) is 12.2.